The summed E-state index contributed by atoms with van der Waals surface area (Å²) in [6.45, 7) is 0.978. The van der Waals surface area contributed by atoms with Gasteiger partial charge >= 0.3 is 5.97 Å². The Balaban J connectivity index is 2.15. The van der Waals surface area contributed by atoms with Crippen molar-refractivity contribution in [2.75, 3.05) is 6.54 Å². The second-order valence-electron chi connectivity index (χ2n) is 4.56. The minimum Gasteiger partial charge on any atom is -0.480 e. The van der Waals surface area contributed by atoms with Gasteiger partial charge in [-0.1, -0.05) is 18.0 Å². The van der Waals surface area contributed by atoms with Crippen molar-refractivity contribution in [2.24, 2.45) is 0 Å². The fourth-order valence-corrected chi connectivity index (χ4v) is 2.54. The number of carboxylic acids is 1. The first-order valence-corrected chi connectivity index (χ1v) is 6.36. The lowest BCUT2D eigenvalue weighted by Crippen LogP contribution is -2.44. The van der Waals surface area contributed by atoms with E-state index in [4.69, 9.17) is 16.7 Å². The van der Waals surface area contributed by atoms with E-state index in [1.165, 1.54) is 12.1 Å². The van der Waals surface area contributed by atoms with E-state index in [1.54, 1.807) is 11.0 Å². The van der Waals surface area contributed by atoms with Gasteiger partial charge in [0.05, 0.1) is 0 Å². The molecule has 1 N–H and O–H groups in total. The molecule has 2 rings (SSSR count). The molecule has 1 aromatic rings. The van der Waals surface area contributed by atoms with Crippen LogP contribution in [-0.4, -0.2) is 28.6 Å². The third-order valence-corrected chi connectivity index (χ3v) is 3.52. The molecule has 1 fully saturated rings. The molecule has 3 nitrogen and oxygen atoms in total. The molecule has 0 aromatic heterocycles. The van der Waals surface area contributed by atoms with Gasteiger partial charge < -0.3 is 5.11 Å². The number of hydrogen-bond donors (Lipinski definition) is 1. The molecule has 0 saturated carbocycles. The molecule has 0 amide bonds. The fourth-order valence-electron chi connectivity index (χ4n) is 2.34. The van der Waals surface area contributed by atoms with Crippen LogP contribution in [0.5, 0.6) is 0 Å². The SMILES string of the molecule is O=C(O)C1CCCCN1Cc1cc(Cl)ccc1F. The van der Waals surface area contributed by atoms with Crippen LogP contribution in [0.25, 0.3) is 0 Å². The van der Waals surface area contributed by atoms with Crippen LogP contribution in [0.15, 0.2) is 18.2 Å². The van der Waals surface area contributed by atoms with Gasteiger partial charge in [-0.3, -0.25) is 9.69 Å². The quantitative estimate of drug-likeness (QED) is 0.919. The van der Waals surface area contributed by atoms with E-state index in [-0.39, 0.29) is 5.82 Å². The smallest absolute Gasteiger partial charge is 0.320 e. The lowest BCUT2D eigenvalue weighted by molar-refractivity contribution is -0.144. The summed E-state index contributed by atoms with van der Waals surface area (Å²) in [6, 6.07) is 3.85. The van der Waals surface area contributed by atoms with E-state index in [0.717, 1.165) is 12.8 Å². The van der Waals surface area contributed by atoms with Crippen LogP contribution in [0.4, 0.5) is 4.39 Å². The Hall–Kier alpha value is -1.13. The number of benzene rings is 1. The summed E-state index contributed by atoms with van der Waals surface area (Å²) in [5.41, 5.74) is 0.454. The van der Waals surface area contributed by atoms with Crippen molar-refractivity contribution >= 4 is 17.6 Å². The Morgan fingerprint density at radius 1 is 1.50 bits per heavy atom. The molecular weight excluding hydrogens is 257 g/mol. The number of likely N-dealkylation sites (tertiary alicyclic amines) is 1. The molecule has 1 atom stereocenters. The van der Waals surface area contributed by atoms with Gasteiger partial charge in [-0.2, -0.15) is 0 Å². The van der Waals surface area contributed by atoms with Crippen molar-refractivity contribution in [3.8, 4) is 0 Å². The third-order valence-electron chi connectivity index (χ3n) is 3.28. The van der Waals surface area contributed by atoms with E-state index in [0.29, 0.717) is 30.1 Å². The number of hydrogen-bond acceptors (Lipinski definition) is 2. The molecule has 0 aliphatic carbocycles. The number of halogens is 2. The second-order valence-corrected chi connectivity index (χ2v) is 4.99. The highest BCUT2D eigenvalue weighted by atomic mass is 35.5. The van der Waals surface area contributed by atoms with Gasteiger partial charge in [0.1, 0.15) is 11.9 Å². The molecule has 1 heterocycles. The number of piperidine rings is 1. The average molecular weight is 272 g/mol. The monoisotopic (exact) mass is 271 g/mol. The number of carbonyl (C=O) groups is 1. The average Bonchev–Trinajstić information content (AvgIpc) is 2.34. The molecule has 0 radical (unpaired) electrons. The van der Waals surface area contributed by atoms with Crippen LogP contribution in [0.2, 0.25) is 5.02 Å². The van der Waals surface area contributed by atoms with Gasteiger partial charge in [0.25, 0.3) is 0 Å². The molecule has 1 aliphatic heterocycles. The highest BCUT2D eigenvalue weighted by Gasteiger charge is 2.28. The molecule has 0 spiro atoms. The van der Waals surface area contributed by atoms with Gasteiger partial charge in [0, 0.05) is 17.1 Å². The molecule has 0 bridgehead atoms. The summed E-state index contributed by atoms with van der Waals surface area (Å²) in [4.78, 5) is 13.0. The van der Waals surface area contributed by atoms with Crippen molar-refractivity contribution < 1.29 is 14.3 Å². The van der Waals surface area contributed by atoms with Crippen LogP contribution < -0.4 is 0 Å². The number of nitrogens with zero attached hydrogens (tertiary/aromatic N) is 1. The van der Waals surface area contributed by atoms with Crippen molar-refractivity contribution in [3.63, 3.8) is 0 Å². The first kappa shape index (κ1) is 13.3. The van der Waals surface area contributed by atoms with E-state index >= 15 is 0 Å². The summed E-state index contributed by atoms with van der Waals surface area (Å²) >= 11 is 5.83. The van der Waals surface area contributed by atoms with Crippen molar-refractivity contribution in [2.45, 2.75) is 31.8 Å². The zero-order valence-corrected chi connectivity index (χ0v) is 10.7. The topological polar surface area (TPSA) is 40.5 Å². The first-order valence-electron chi connectivity index (χ1n) is 5.98. The summed E-state index contributed by atoms with van der Waals surface area (Å²) < 4.78 is 13.6. The van der Waals surface area contributed by atoms with Gasteiger partial charge in [-0.25, -0.2) is 4.39 Å². The van der Waals surface area contributed by atoms with E-state index in [2.05, 4.69) is 0 Å². The highest BCUT2D eigenvalue weighted by Crippen LogP contribution is 2.22. The van der Waals surface area contributed by atoms with Crippen LogP contribution in [0.3, 0.4) is 0 Å². The molecule has 1 saturated heterocycles. The molecule has 5 heteroatoms. The summed E-state index contributed by atoms with van der Waals surface area (Å²) in [5, 5.41) is 9.62. The molecular formula is C13H15ClFNO2. The third kappa shape index (κ3) is 3.00. The zero-order chi connectivity index (χ0) is 13.1. The van der Waals surface area contributed by atoms with Crippen molar-refractivity contribution in [1.82, 2.24) is 4.90 Å². The lowest BCUT2D eigenvalue weighted by Gasteiger charge is -2.32. The minimum absolute atomic E-state index is 0.295. The standard InChI is InChI=1S/C13H15ClFNO2/c14-10-4-5-11(15)9(7-10)8-16-6-2-1-3-12(16)13(17)18/h4-5,7,12H,1-3,6,8H2,(H,17,18). The lowest BCUT2D eigenvalue weighted by atomic mass is 10.0. The Kier molecular flexibility index (Phi) is 4.19. The Labute approximate surface area is 110 Å². The van der Waals surface area contributed by atoms with Gasteiger partial charge in [-0.05, 0) is 37.6 Å². The molecule has 98 valence electrons. The van der Waals surface area contributed by atoms with Crippen LogP contribution in [0.1, 0.15) is 24.8 Å². The predicted molar refractivity (Wildman–Crippen MR) is 67.1 cm³/mol. The van der Waals surface area contributed by atoms with E-state index in [1.807, 2.05) is 0 Å². The van der Waals surface area contributed by atoms with E-state index < -0.39 is 12.0 Å². The van der Waals surface area contributed by atoms with Gasteiger partial charge in [0.15, 0.2) is 0 Å². The van der Waals surface area contributed by atoms with Crippen molar-refractivity contribution in [1.29, 1.82) is 0 Å². The minimum atomic E-state index is -0.836. The Morgan fingerprint density at radius 2 is 2.28 bits per heavy atom. The van der Waals surface area contributed by atoms with Crippen molar-refractivity contribution in [3.05, 3.63) is 34.6 Å². The molecule has 1 aliphatic rings. The molecule has 1 unspecified atom stereocenters. The Morgan fingerprint density at radius 3 is 3.00 bits per heavy atom. The maximum atomic E-state index is 13.6. The summed E-state index contributed by atoms with van der Waals surface area (Å²) in [6.07, 6.45) is 2.48. The normalized spacial score (nSPS) is 20.9. The van der Waals surface area contributed by atoms with E-state index in [9.17, 15) is 9.18 Å². The van der Waals surface area contributed by atoms with Crippen LogP contribution in [-0.2, 0) is 11.3 Å². The summed E-state index contributed by atoms with van der Waals surface area (Å²) in [7, 11) is 0. The van der Waals surface area contributed by atoms with Crippen LogP contribution in [0, 0.1) is 5.82 Å². The second kappa shape index (κ2) is 5.67. The maximum absolute atomic E-state index is 13.6. The number of aliphatic carboxylic acids is 1. The first-order chi connectivity index (χ1) is 8.58. The predicted octanol–water partition coefficient (Wildman–Crippen LogP) is 2.92. The molecule has 18 heavy (non-hydrogen) atoms. The van der Waals surface area contributed by atoms with Crippen LogP contribution >= 0.6 is 11.6 Å². The zero-order valence-electron chi connectivity index (χ0n) is 9.90. The summed E-state index contributed by atoms with van der Waals surface area (Å²) in [5.74, 6) is -1.17. The Bertz CT molecular complexity index is 453. The maximum Gasteiger partial charge on any atom is 0.320 e. The molecule has 1 aromatic carbocycles. The number of carboxylic acid groups (broad SMARTS) is 1. The number of rotatable bonds is 3. The highest BCUT2D eigenvalue weighted by molar-refractivity contribution is 6.30. The van der Waals surface area contributed by atoms with Gasteiger partial charge in [-0.15, -0.1) is 0 Å². The van der Waals surface area contributed by atoms with Gasteiger partial charge in [0.2, 0.25) is 0 Å². The largest absolute Gasteiger partial charge is 0.480 e. The fraction of sp³-hybridized carbons (Fsp3) is 0.462.